The molecular weight excluding hydrogens is 310 g/mol. The first-order chi connectivity index (χ1) is 12.2. The molecule has 0 amide bonds. The number of nitriles is 1. The average molecular weight is 329 g/mol. The van der Waals surface area contributed by atoms with E-state index >= 15 is 0 Å². The summed E-state index contributed by atoms with van der Waals surface area (Å²) in [7, 11) is 1.58. The maximum atomic E-state index is 9.36. The van der Waals surface area contributed by atoms with Gasteiger partial charge in [0.1, 0.15) is 24.2 Å². The Morgan fingerprint density at radius 3 is 2.44 bits per heavy atom. The standard InChI is InChI=1S/C22H19NO2/c1-16-11-19(12-20(14-23)22(16)24-2)18-9-6-10-21(13-18)25-15-17-7-4-3-5-8-17/h3-13H,15H2,1-2H3. The number of rotatable bonds is 5. The van der Waals surface area contributed by atoms with Gasteiger partial charge in [0, 0.05) is 0 Å². The third kappa shape index (κ3) is 3.81. The van der Waals surface area contributed by atoms with Crippen molar-refractivity contribution in [2.75, 3.05) is 7.11 Å². The second kappa shape index (κ2) is 7.55. The average Bonchev–Trinajstić information content (AvgIpc) is 2.66. The van der Waals surface area contributed by atoms with E-state index in [0.29, 0.717) is 17.9 Å². The molecule has 0 aliphatic heterocycles. The molecule has 3 heteroatoms. The van der Waals surface area contributed by atoms with Crippen molar-refractivity contribution in [1.82, 2.24) is 0 Å². The SMILES string of the molecule is COc1c(C)cc(-c2cccc(OCc3ccccc3)c2)cc1C#N. The van der Waals surface area contributed by atoms with Gasteiger partial charge in [-0.3, -0.25) is 0 Å². The van der Waals surface area contributed by atoms with Crippen molar-refractivity contribution in [3.05, 3.63) is 83.4 Å². The highest BCUT2D eigenvalue weighted by Gasteiger charge is 2.10. The third-order valence-corrected chi connectivity index (χ3v) is 4.01. The quantitative estimate of drug-likeness (QED) is 0.652. The monoisotopic (exact) mass is 329 g/mol. The Balaban J connectivity index is 1.87. The number of ether oxygens (including phenoxy) is 2. The number of benzene rings is 3. The highest BCUT2D eigenvalue weighted by molar-refractivity contribution is 5.70. The zero-order valence-corrected chi connectivity index (χ0v) is 14.3. The molecule has 3 rings (SSSR count). The van der Waals surface area contributed by atoms with E-state index in [2.05, 4.69) is 6.07 Å². The maximum absolute atomic E-state index is 9.36. The topological polar surface area (TPSA) is 42.2 Å². The van der Waals surface area contributed by atoms with E-state index < -0.39 is 0 Å². The summed E-state index contributed by atoms with van der Waals surface area (Å²) in [5, 5.41) is 9.36. The normalized spacial score (nSPS) is 10.1. The fourth-order valence-electron chi connectivity index (χ4n) is 2.80. The Labute approximate surface area is 148 Å². The Hall–Kier alpha value is -3.25. The summed E-state index contributed by atoms with van der Waals surface area (Å²) in [5.74, 6) is 1.43. The van der Waals surface area contributed by atoms with Crippen molar-refractivity contribution in [3.63, 3.8) is 0 Å². The van der Waals surface area contributed by atoms with Crippen LogP contribution in [0.1, 0.15) is 16.7 Å². The lowest BCUT2D eigenvalue weighted by Crippen LogP contribution is -1.96. The number of methoxy groups -OCH3 is 1. The third-order valence-electron chi connectivity index (χ3n) is 4.01. The minimum atomic E-state index is 0.523. The van der Waals surface area contributed by atoms with Crippen LogP contribution >= 0.6 is 0 Å². The van der Waals surface area contributed by atoms with Crippen molar-refractivity contribution in [2.45, 2.75) is 13.5 Å². The molecule has 0 aromatic heterocycles. The molecule has 0 N–H and O–H groups in total. The molecule has 0 atom stereocenters. The van der Waals surface area contributed by atoms with Crippen molar-refractivity contribution in [3.8, 4) is 28.7 Å². The van der Waals surface area contributed by atoms with Crippen LogP contribution in [-0.2, 0) is 6.61 Å². The minimum Gasteiger partial charge on any atom is -0.495 e. The molecule has 3 aromatic carbocycles. The minimum absolute atomic E-state index is 0.523. The van der Waals surface area contributed by atoms with Gasteiger partial charge >= 0.3 is 0 Å². The van der Waals surface area contributed by atoms with Gasteiger partial charge in [-0.25, -0.2) is 0 Å². The van der Waals surface area contributed by atoms with Gasteiger partial charge in [0.25, 0.3) is 0 Å². The van der Waals surface area contributed by atoms with Crippen LogP contribution in [0.4, 0.5) is 0 Å². The van der Waals surface area contributed by atoms with Crippen LogP contribution in [0.2, 0.25) is 0 Å². The van der Waals surface area contributed by atoms with Crippen LogP contribution in [0.25, 0.3) is 11.1 Å². The molecule has 0 heterocycles. The van der Waals surface area contributed by atoms with Gasteiger partial charge in [-0.1, -0.05) is 42.5 Å². The van der Waals surface area contributed by atoms with Crippen molar-refractivity contribution in [1.29, 1.82) is 5.26 Å². The zero-order valence-electron chi connectivity index (χ0n) is 14.3. The predicted octanol–water partition coefficient (Wildman–Crippen LogP) is 5.12. The Bertz CT molecular complexity index is 911. The molecule has 0 aliphatic carbocycles. The molecule has 0 spiro atoms. The first-order valence-corrected chi connectivity index (χ1v) is 8.07. The van der Waals surface area contributed by atoms with Gasteiger partial charge in [0.15, 0.2) is 0 Å². The number of hydrogen-bond acceptors (Lipinski definition) is 3. The van der Waals surface area contributed by atoms with E-state index in [4.69, 9.17) is 9.47 Å². The molecular formula is C22H19NO2. The lowest BCUT2D eigenvalue weighted by Gasteiger charge is -2.12. The van der Waals surface area contributed by atoms with Crippen LogP contribution in [0.15, 0.2) is 66.7 Å². The van der Waals surface area contributed by atoms with Crippen LogP contribution < -0.4 is 9.47 Å². The van der Waals surface area contributed by atoms with Crippen LogP contribution in [0.5, 0.6) is 11.5 Å². The summed E-state index contributed by atoms with van der Waals surface area (Å²) >= 11 is 0. The predicted molar refractivity (Wildman–Crippen MR) is 98.7 cm³/mol. The molecule has 0 saturated heterocycles. The van der Waals surface area contributed by atoms with Gasteiger partial charge in [-0.2, -0.15) is 5.26 Å². The molecule has 3 aromatic rings. The summed E-state index contributed by atoms with van der Waals surface area (Å²) in [6.07, 6.45) is 0. The Morgan fingerprint density at radius 2 is 1.72 bits per heavy atom. The van der Waals surface area contributed by atoms with Gasteiger partial charge in [-0.05, 0) is 53.4 Å². The van der Waals surface area contributed by atoms with Crippen LogP contribution in [0.3, 0.4) is 0 Å². The summed E-state index contributed by atoms with van der Waals surface area (Å²) in [5.41, 5.74) is 4.58. The summed E-state index contributed by atoms with van der Waals surface area (Å²) < 4.78 is 11.2. The van der Waals surface area contributed by atoms with E-state index in [0.717, 1.165) is 28.0 Å². The molecule has 0 fully saturated rings. The molecule has 124 valence electrons. The Morgan fingerprint density at radius 1 is 0.920 bits per heavy atom. The largest absolute Gasteiger partial charge is 0.495 e. The lowest BCUT2D eigenvalue weighted by molar-refractivity contribution is 0.306. The first kappa shape index (κ1) is 16.6. The van der Waals surface area contributed by atoms with E-state index in [-0.39, 0.29) is 0 Å². The van der Waals surface area contributed by atoms with E-state index in [1.54, 1.807) is 7.11 Å². The zero-order chi connectivity index (χ0) is 17.6. The highest BCUT2D eigenvalue weighted by atomic mass is 16.5. The molecule has 3 nitrogen and oxygen atoms in total. The molecule has 0 saturated carbocycles. The van der Waals surface area contributed by atoms with Gasteiger partial charge < -0.3 is 9.47 Å². The smallest absolute Gasteiger partial charge is 0.139 e. The molecule has 25 heavy (non-hydrogen) atoms. The lowest BCUT2D eigenvalue weighted by atomic mass is 9.99. The van der Waals surface area contributed by atoms with Gasteiger partial charge in [0.05, 0.1) is 12.7 Å². The van der Waals surface area contributed by atoms with Crippen LogP contribution in [-0.4, -0.2) is 7.11 Å². The summed E-state index contributed by atoms with van der Waals surface area (Å²) in [4.78, 5) is 0. The Kier molecular flexibility index (Phi) is 5.01. The van der Waals surface area contributed by atoms with Crippen molar-refractivity contribution in [2.24, 2.45) is 0 Å². The number of aryl methyl sites for hydroxylation is 1. The molecule has 0 bridgehead atoms. The molecule has 0 aliphatic rings. The number of nitrogens with zero attached hydrogens (tertiary/aromatic N) is 1. The summed E-state index contributed by atoms with van der Waals surface area (Å²) in [6.45, 7) is 2.47. The highest BCUT2D eigenvalue weighted by Crippen LogP contribution is 2.31. The maximum Gasteiger partial charge on any atom is 0.139 e. The van der Waals surface area contributed by atoms with E-state index in [1.165, 1.54) is 0 Å². The van der Waals surface area contributed by atoms with E-state index in [9.17, 15) is 5.26 Å². The van der Waals surface area contributed by atoms with Crippen molar-refractivity contribution >= 4 is 0 Å². The summed E-state index contributed by atoms with van der Waals surface area (Å²) in [6, 6.07) is 24.0. The first-order valence-electron chi connectivity index (χ1n) is 8.07. The number of hydrogen-bond donors (Lipinski definition) is 0. The van der Waals surface area contributed by atoms with Crippen LogP contribution in [0, 0.1) is 18.3 Å². The van der Waals surface area contributed by atoms with E-state index in [1.807, 2.05) is 73.7 Å². The molecule has 0 radical (unpaired) electrons. The van der Waals surface area contributed by atoms with Crippen molar-refractivity contribution < 1.29 is 9.47 Å². The molecule has 0 unspecified atom stereocenters. The fraction of sp³-hybridized carbons (Fsp3) is 0.136. The second-order valence-corrected chi connectivity index (χ2v) is 5.79. The van der Waals surface area contributed by atoms with Gasteiger partial charge in [0.2, 0.25) is 0 Å². The fourth-order valence-corrected chi connectivity index (χ4v) is 2.80. The van der Waals surface area contributed by atoms with Gasteiger partial charge in [-0.15, -0.1) is 0 Å². The second-order valence-electron chi connectivity index (χ2n) is 5.79.